The number of nitrogens with one attached hydrogen (secondary N) is 1. The number of nitrogens with zero attached hydrogens (tertiary/aromatic N) is 1. The SMILES string of the molecule is COC(=O)[C@H](CC(C)C)NC(=O)Cc1ccc(N2CCCC2=O)cc1. The van der Waals surface area contributed by atoms with Crippen LogP contribution in [0.4, 0.5) is 5.69 Å². The molecule has 25 heavy (non-hydrogen) atoms. The summed E-state index contributed by atoms with van der Waals surface area (Å²) >= 11 is 0. The van der Waals surface area contributed by atoms with Gasteiger partial charge in [-0.2, -0.15) is 0 Å². The first-order valence-corrected chi connectivity index (χ1v) is 8.67. The Kier molecular flexibility index (Phi) is 6.56. The van der Waals surface area contributed by atoms with Crippen LogP contribution >= 0.6 is 0 Å². The number of esters is 1. The maximum atomic E-state index is 12.2. The van der Waals surface area contributed by atoms with Gasteiger partial charge in [-0.15, -0.1) is 0 Å². The molecule has 0 bridgehead atoms. The first kappa shape index (κ1) is 19.0. The van der Waals surface area contributed by atoms with Crippen LogP contribution in [-0.4, -0.2) is 37.5 Å². The van der Waals surface area contributed by atoms with Gasteiger partial charge in [-0.05, 0) is 36.5 Å². The van der Waals surface area contributed by atoms with Gasteiger partial charge >= 0.3 is 5.97 Å². The van der Waals surface area contributed by atoms with E-state index in [-0.39, 0.29) is 24.2 Å². The van der Waals surface area contributed by atoms with Crippen molar-refractivity contribution in [1.82, 2.24) is 5.32 Å². The molecule has 0 saturated carbocycles. The van der Waals surface area contributed by atoms with E-state index in [1.165, 1.54) is 7.11 Å². The molecule has 0 aliphatic carbocycles. The Morgan fingerprint density at radius 2 is 1.92 bits per heavy atom. The number of benzene rings is 1. The highest BCUT2D eigenvalue weighted by atomic mass is 16.5. The van der Waals surface area contributed by atoms with Crippen molar-refractivity contribution >= 4 is 23.5 Å². The Hall–Kier alpha value is -2.37. The molecule has 1 aromatic carbocycles. The summed E-state index contributed by atoms with van der Waals surface area (Å²) in [5.41, 5.74) is 1.69. The topological polar surface area (TPSA) is 75.7 Å². The van der Waals surface area contributed by atoms with Gasteiger partial charge in [0, 0.05) is 18.7 Å². The van der Waals surface area contributed by atoms with Crippen LogP contribution < -0.4 is 10.2 Å². The molecule has 1 atom stereocenters. The molecule has 2 rings (SSSR count). The second-order valence-electron chi connectivity index (χ2n) is 6.76. The summed E-state index contributed by atoms with van der Waals surface area (Å²) in [6.07, 6.45) is 2.19. The lowest BCUT2D eigenvalue weighted by Gasteiger charge is -2.18. The second-order valence-corrected chi connectivity index (χ2v) is 6.76. The van der Waals surface area contributed by atoms with E-state index in [1.54, 1.807) is 4.90 Å². The number of hydrogen-bond donors (Lipinski definition) is 1. The minimum atomic E-state index is -0.626. The third-order valence-corrected chi connectivity index (χ3v) is 4.21. The molecule has 6 nitrogen and oxygen atoms in total. The van der Waals surface area contributed by atoms with E-state index in [4.69, 9.17) is 4.74 Å². The van der Waals surface area contributed by atoms with Crippen LogP contribution in [0.5, 0.6) is 0 Å². The molecule has 1 saturated heterocycles. The zero-order valence-electron chi connectivity index (χ0n) is 15.1. The van der Waals surface area contributed by atoms with Crippen molar-refractivity contribution in [3.63, 3.8) is 0 Å². The number of ether oxygens (including phenoxy) is 1. The van der Waals surface area contributed by atoms with Gasteiger partial charge in [-0.25, -0.2) is 4.79 Å². The van der Waals surface area contributed by atoms with E-state index in [9.17, 15) is 14.4 Å². The molecule has 1 fully saturated rings. The highest BCUT2D eigenvalue weighted by Gasteiger charge is 2.23. The van der Waals surface area contributed by atoms with Crippen LogP contribution in [0.1, 0.15) is 38.7 Å². The Labute approximate surface area is 148 Å². The fourth-order valence-corrected chi connectivity index (χ4v) is 2.97. The molecule has 0 radical (unpaired) electrons. The van der Waals surface area contributed by atoms with E-state index in [1.807, 2.05) is 38.1 Å². The van der Waals surface area contributed by atoms with E-state index in [0.717, 1.165) is 24.2 Å². The van der Waals surface area contributed by atoms with E-state index >= 15 is 0 Å². The van der Waals surface area contributed by atoms with Crippen LogP contribution in [0.2, 0.25) is 0 Å². The van der Waals surface area contributed by atoms with E-state index in [0.29, 0.717) is 12.8 Å². The smallest absolute Gasteiger partial charge is 0.328 e. The van der Waals surface area contributed by atoms with Crippen LogP contribution in [-0.2, 0) is 25.5 Å². The van der Waals surface area contributed by atoms with Gasteiger partial charge in [0.15, 0.2) is 0 Å². The molecule has 0 spiro atoms. The average molecular weight is 346 g/mol. The summed E-state index contributed by atoms with van der Waals surface area (Å²) < 4.78 is 4.76. The van der Waals surface area contributed by atoms with Crippen molar-refractivity contribution in [3.05, 3.63) is 29.8 Å². The number of carbonyl (C=O) groups excluding carboxylic acids is 3. The van der Waals surface area contributed by atoms with Crippen molar-refractivity contribution in [2.75, 3.05) is 18.6 Å². The predicted molar refractivity (Wildman–Crippen MR) is 95.1 cm³/mol. The summed E-state index contributed by atoms with van der Waals surface area (Å²) in [5, 5.41) is 2.75. The molecular weight excluding hydrogens is 320 g/mol. The lowest BCUT2D eigenvalue weighted by Crippen LogP contribution is -2.43. The normalized spacial score (nSPS) is 15.4. The quantitative estimate of drug-likeness (QED) is 0.767. The standard InChI is InChI=1S/C19H26N2O4/c1-13(2)11-16(19(24)25-3)20-17(22)12-14-6-8-15(9-7-14)21-10-4-5-18(21)23/h6-9,13,16H,4-5,10-12H2,1-3H3,(H,20,22)/t16-/m0/s1. The van der Waals surface area contributed by atoms with Crippen LogP contribution in [0.15, 0.2) is 24.3 Å². The van der Waals surface area contributed by atoms with E-state index in [2.05, 4.69) is 5.32 Å². The number of carbonyl (C=O) groups is 3. The Balaban J connectivity index is 1.95. The molecule has 0 aromatic heterocycles. The molecule has 136 valence electrons. The second kappa shape index (κ2) is 8.65. The Morgan fingerprint density at radius 3 is 2.44 bits per heavy atom. The Morgan fingerprint density at radius 1 is 1.24 bits per heavy atom. The highest BCUT2D eigenvalue weighted by molar-refractivity contribution is 5.95. The fraction of sp³-hybridized carbons (Fsp3) is 0.526. The maximum Gasteiger partial charge on any atom is 0.328 e. The summed E-state index contributed by atoms with van der Waals surface area (Å²) in [5.74, 6) is -0.243. The summed E-state index contributed by atoms with van der Waals surface area (Å²) in [6.45, 7) is 4.72. The van der Waals surface area contributed by atoms with E-state index < -0.39 is 12.0 Å². The number of anilines is 1. The average Bonchev–Trinajstić information content (AvgIpc) is 2.99. The zero-order valence-corrected chi connectivity index (χ0v) is 15.1. The van der Waals surface area contributed by atoms with Gasteiger partial charge in [-0.1, -0.05) is 26.0 Å². The third kappa shape index (κ3) is 5.31. The number of amides is 2. The first-order chi connectivity index (χ1) is 11.9. The van der Waals surface area contributed by atoms with Crippen molar-refractivity contribution in [3.8, 4) is 0 Å². The maximum absolute atomic E-state index is 12.2. The summed E-state index contributed by atoms with van der Waals surface area (Å²) in [7, 11) is 1.32. The number of methoxy groups -OCH3 is 1. The largest absolute Gasteiger partial charge is 0.467 e. The van der Waals surface area contributed by atoms with Crippen molar-refractivity contribution in [2.24, 2.45) is 5.92 Å². The molecule has 1 aliphatic heterocycles. The predicted octanol–water partition coefficient (Wildman–Crippen LogP) is 2.06. The number of hydrogen-bond acceptors (Lipinski definition) is 4. The van der Waals surface area contributed by atoms with Gasteiger partial charge in [0.2, 0.25) is 11.8 Å². The van der Waals surface area contributed by atoms with Crippen molar-refractivity contribution in [1.29, 1.82) is 0 Å². The van der Waals surface area contributed by atoms with Crippen molar-refractivity contribution < 1.29 is 19.1 Å². The molecule has 6 heteroatoms. The summed E-state index contributed by atoms with van der Waals surface area (Å²) in [4.78, 5) is 37.5. The Bertz CT molecular complexity index is 625. The molecule has 0 unspecified atom stereocenters. The first-order valence-electron chi connectivity index (χ1n) is 8.67. The van der Waals surface area contributed by atoms with Gasteiger partial charge < -0.3 is 15.0 Å². The molecule has 1 aliphatic rings. The molecule has 1 heterocycles. The molecule has 2 amide bonds. The zero-order chi connectivity index (χ0) is 18.4. The summed E-state index contributed by atoms with van der Waals surface area (Å²) in [6, 6.07) is 6.78. The van der Waals surface area contributed by atoms with Crippen molar-refractivity contribution in [2.45, 2.75) is 45.6 Å². The minimum absolute atomic E-state index is 0.139. The third-order valence-electron chi connectivity index (χ3n) is 4.21. The highest BCUT2D eigenvalue weighted by Crippen LogP contribution is 2.21. The van der Waals surface area contributed by atoms with Crippen LogP contribution in [0, 0.1) is 5.92 Å². The van der Waals surface area contributed by atoms with Crippen LogP contribution in [0.3, 0.4) is 0 Å². The lowest BCUT2D eigenvalue weighted by molar-refractivity contribution is -0.145. The molecule has 1 N–H and O–H groups in total. The van der Waals surface area contributed by atoms with Gasteiger partial charge in [-0.3, -0.25) is 9.59 Å². The number of rotatable bonds is 7. The van der Waals surface area contributed by atoms with Gasteiger partial charge in [0.25, 0.3) is 0 Å². The lowest BCUT2D eigenvalue weighted by atomic mass is 10.0. The molecular formula is C19H26N2O4. The van der Waals surface area contributed by atoms with Crippen LogP contribution in [0.25, 0.3) is 0 Å². The monoisotopic (exact) mass is 346 g/mol. The van der Waals surface area contributed by atoms with Gasteiger partial charge in [0.1, 0.15) is 6.04 Å². The van der Waals surface area contributed by atoms with Gasteiger partial charge in [0.05, 0.1) is 13.5 Å². The fourth-order valence-electron chi connectivity index (χ4n) is 2.97. The minimum Gasteiger partial charge on any atom is -0.467 e. The molecule has 1 aromatic rings.